The summed E-state index contributed by atoms with van der Waals surface area (Å²) in [6, 6.07) is 9.57. The first-order valence-corrected chi connectivity index (χ1v) is 6.62. The number of hydrogen-bond donors (Lipinski definition) is 2. The number of benzene rings is 1. The molecule has 108 valence electrons. The second-order valence-electron chi connectivity index (χ2n) is 4.42. The summed E-state index contributed by atoms with van der Waals surface area (Å²) in [5.41, 5.74) is 0.491. The molecule has 21 heavy (non-hydrogen) atoms. The maximum Gasteiger partial charge on any atom is 0.338 e. The van der Waals surface area contributed by atoms with Gasteiger partial charge in [0.05, 0.1) is 11.6 Å². The van der Waals surface area contributed by atoms with Crippen molar-refractivity contribution in [2.75, 3.05) is 0 Å². The first-order valence-electron chi connectivity index (χ1n) is 6.24. The molecule has 5 nitrogen and oxygen atoms in total. The Kier molecular flexibility index (Phi) is 4.55. The molecule has 6 heteroatoms. The van der Waals surface area contributed by atoms with Gasteiger partial charge in [0.2, 0.25) is 0 Å². The van der Waals surface area contributed by atoms with Crippen LogP contribution in [-0.4, -0.2) is 22.0 Å². The number of amides is 1. The molecule has 2 N–H and O–H groups in total. The Bertz CT molecular complexity index is 688. The van der Waals surface area contributed by atoms with E-state index in [0.717, 1.165) is 5.56 Å². The van der Waals surface area contributed by atoms with Gasteiger partial charge in [0.15, 0.2) is 0 Å². The number of aromatic nitrogens is 1. The summed E-state index contributed by atoms with van der Waals surface area (Å²) in [7, 11) is 0. The number of hydrogen-bond acceptors (Lipinski definition) is 3. The summed E-state index contributed by atoms with van der Waals surface area (Å²) < 4.78 is 0. The van der Waals surface area contributed by atoms with Gasteiger partial charge in [0.1, 0.15) is 5.69 Å². The van der Waals surface area contributed by atoms with Crippen LogP contribution in [0.25, 0.3) is 0 Å². The number of nitrogens with zero attached hydrogens (tertiary/aromatic N) is 1. The molecule has 0 aliphatic heterocycles. The number of nitrogens with one attached hydrogen (secondary N) is 1. The van der Waals surface area contributed by atoms with E-state index in [2.05, 4.69) is 10.3 Å². The van der Waals surface area contributed by atoms with E-state index in [1.165, 1.54) is 18.3 Å². The standard InChI is InChI=1S/C15H13ClN2O3/c1-9(10-5-2-3-7-12(10)16)18-14(19)13-11(15(20)21)6-4-8-17-13/h2-9H,1H3,(H,18,19)(H,20,21). The monoisotopic (exact) mass is 304 g/mol. The smallest absolute Gasteiger partial charge is 0.338 e. The minimum Gasteiger partial charge on any atom is -0.478 e. The van der Waals surface area contributed by atoms with Gasteiger partial charge in [0, 0.05) is 11.2 Å². The van der Waals surface area contributed by atoms with Crippen LogP contribution in [0.5, 0.6) is 0 Å². The number of carboxylic acids is 1. The average molecular weight is 305 g/mol. The highest BCUT2D eigenvalue weighted by Crippen LogP contribution is 2.22. The Morgan fingerprint density at radius 1 is 1.24 bits per heavy atom. The first-order chi connectivity index (χ1) is 10.0. The highest BCUT2D eigenvalue weighted by molar-refractivity contribution is 6.31. The molecule has 0 bridgehead atoms. The van der Waals surface area contributed by atoms with E-state index in [1.807, 2.05) is 6.07 Å². The van der Waals surface area contributed by atoms with Gasteiger partial charge in [-0.2, -0.15) is 0 Å². The van der Waals surface area contributed by atoms with Crippen LogP contribution in [0.15, 0.2) is 42.6 Å². The molecular weight excluding hydrogens is 292 g/mol. The second kappa shape index (κ2) is 6.37. The molecule has 0 spiro atoms. The maximum absolute atomic E-state index is 12.2. The zero-order valence-electron chi connectivity index (χ0n) is 11.2. The van der Waals surface area contributed by atoms with Crippen LogP contribution < -0.4 is 5.32 Å². The largest absolute Gasteiger partial charge is 0.478 e. The molecule has 1 unspecified atom stereocenters. The summed E-state index contributed by atoms with van der Waals surface area (Å²) in [6.07, 6.45) is 1.38. The van der Waals surface area contributed by atoms with E-state index < -0.39 is 11.9 Å². The fraction of sp³-hybridized carbons (Fsp3) is 0.133. The topological polar surface area (TPSA) is 79.3 Å². The summed E-state index contributed by atoms with van der Waals surface area (Å²) >= 11 is 6.07. The van der Waals surface area contributed by atoms with Crippen molar-refractivity contribution < 1.29 is 14.7 Å². The van der Waals surface area contributed by atoms with E-state index in [4.69, 9.17) is 16.7 Å². The van der Waals surface area contributed by atoms with Crippen molar-refractivity contribution in [3.63, 3.8) is 0 Å². The van der Waals surface area contributed by atoms with Gasteiger partial charge in [-0.1, -0.05) is 29.8 Å². The van der Waals surface area contributed by atoms with Crippen LogP contribution in [0, 0.1) is 0 Å². The molecule has 1 aromatic heterocycles. The highest BCUT2D eigenvalue weighted by atomic mass is 35.5. The van der Waals surface area contributed by atoms with Crippen LogP contribution in [0.1, 0.15) is 39.4 Å². The van der Waals surface area contributed by atoms with Crippen molar-refractivity contribution >= 4 is 23.5 Å². The minimum atomic E-state index is -1.20. The number of carboxylic acid groups (broad SMARTS) is 1. The van der Waals surface area contributed by atoms with Crippen molar-refractivity contribution in [1.29, 1.82) is 0 Å². The van der Waals surface area contributed by atoms with E-state index in [-0.39, 0.29) is 17.3 Å². The second-order valence-corrected chi connectivity index (χ2v) is 4.83. The predicted molar refractivity (Wildman–Crippen MR) is 78.5 cm³/mol. The van der Waals surface area contributed by atoms with Gasteiger partial charge in [0.25, 0.3) is 5.91 Å². The van der Waals surface area contributed by atoms with Gasteiger partial charge in [-0.05, 0) is 30.7 Å². The van der Waals surface area contributed by atoms with Crippen LogP contribution in [0.2, 0.25) is 5.02 Å². The lowest BCUT2D eigenvalue weighted by molar-refractivity contribution is 0.0689. The van der Waals surface area contributed by atoms with E-state index >= 15 is 0 Å². The van der Waals surface area contributed by atoms with E-state index in [9.17, 15) is 9.59 Å². The van der Waals surface area contributed by atoms with Crippen molar-refractivity contribution in [1.82, 2.24) is 10.3 Å². The number of rotatable bonds is 4. The summed E-state index contributed by atoms with van der Waals surface area (Å²) in [5.74, 6) is -1.75. The van der Waals surface area contributed by atoms with Crippen molar-refractivity contribution in [3.05, 3.63) is 64.4 Å². The third kappa shape index (κ3) is 3.38. The number of aromatic carboxylic acids is 1. The van der Waals surface area contributed by atoms with Crippen LogP contribution >= 0.6 is 11.6 Å². The molecule has 1 heterocycles. The molecule has 1 atom stereocenters. The zero-order chi connectivity index (χ0) is 15.4. The third-order valence-electron chi connectivity index (χ3n) is 2.97. The number of carbonyl (C=O) groups excluding carboxylic acids is 1. The lowest BCUT2D eigenvalue weighted by atomic mass is 10.1. The molecule has 0 aliphatic carbocycles. The fourth-order valence-electron chi connectivity index (χ4n) is 1.93. The van der Waals surface area contributed by atoms with Crippen molar-refractivity contribution in [2.45, 2.75) is 13.0 Å². The lowest BCUT2D eigenvalue weighted by Gasteiger charge is -2.16. The quantitative estimate of drug-likeness (QED) is 0.910. The molecule has 0 radical (unpaired) electrons. The normalized spacial score (nSPS) is 11.7. The van der Waals surface area contributed by atoms with E-state index in [0.29, 0.717) is 5.02 Å². The first kappa shape index (κ1) is 15.0. The van der Waals surface area contributed by atoms with Crippen LogP contribution in [0.3, 0.4) is 0 Å². The molecule has 0 saturated heterocycles. The predicted octanol–water partition coefficient (Wildman–Crippen LogP) is 2.92. The Morgan fingerprint density at radius 2 is 1.95 bits per heavy atom. The number of carbonyl (C=O) groups is 2. The molecule has 1 amide bonds. The molecule has 2 aromatic rings. The molecular formula is C15H13ClN2O3. The fourth-order valence-corrected chi connectivity index (χ4v) is 2.23. The Balaban J connectivity index is 2.23. The maximum atomic E-state index is 12.2. The molecule has 0 fully saturated rings. The Morgan fingerprint density at radius 3 is 2.62 bits per heavy atom. The summed E-state index contributed by atoms with van der Waals surface area (Å²) in [6.45, 7) is 1.77. The molecule has 2 rings (SSSR count). The van der Waals surface area contributed by atoms with Crippen LogP contribution in [-0.2, 0) is 0 Å². The summed E-state index contributed by atoms with van der Waals surface area (Å²) in [4.78, 5) is 27.1. The van der Waals surface area contributed by atoms with Gasteiger partial charge in [-0.3, -0.25) is 9.78 Å². The molecule has 1 aromatic carbocycles. The van der Waals surface area contributed by atoms with Crippen LogP contribution in [0.4, 0.5) is 0 Å². The highest BCUT2D eigenvalue weighted by Gasteiger charge is 2.20. The third-order valence-corrected chi connectivity index (χ3v) is 3.32. The van der Waals surface area contributed by atoms with Gasteiger partial charge < -0.3 is 10.4 Å². The van der Waals surface area contributed by atoms with Crippen molar-refractivity contribution in [2.24, 2.45) is 0 Å². The average Bonchev–Trinajstić information content (AvgIpc) is 2.47. The lowest BCUT2D eigenvalue weighted by Crippen LogP contribution is -2.29. The van der Waals surface area contributed by atoms with Crippen molar-refractivity contribution in [3.8, 4) is 0 Å². The molecule has 0 aliphatic rings. The van der Waals surface area contributed by atoms with Gasteiger partial charge >= 0.3 is 5.97 Å². The SMILES string of the molecule is CC(NC(=O)c1ncccc1C(=O)O)c1ccccc1Cl. The Labute approximate surface area is 126 Å². The number of halogens is 1. The molecule has 0 saturated carbocycles. The number of pyridine rings is 1. The van der Waals surface area contributed by atoms with E-state index in [1.54, 1.807) is 25.1 Å². The summed E-state index contributed by atoms with van der Waals surface area (Å²) in [5, 5.41) is 12.3. The zero-order valence-corrected chi connectivity index (χ0v) is 12.0. The minimum absolute atomic E-state index is 0.121. The van der Waals surface area contributed by atoms with Gasteiger partial charge in [-0.25, -0.2) is 4.79 Å². The van der Waals surface area contributed by atoms with Gasteiger partial charge in [-0.15, -0.1) is 0 Å². The Hall–Kier alpha value is -2.40.